The van der Waals surface area contributed by atoms with Crippen LogP contribution in [0.5, 0.6) is 5.75 Å². The molecule has 0 atom stereocenters. The minimum absolute atomic E-state index is 0.128. The van der Waals surface area contributed by atoms with Crippen LogP contribution in [0.4, 0.5) is 5.69 Å². The quantitative estimate of drug-likeness (QED) is 0.397. The van der Waals surface area contributed by atoms with Gasteiger partial charge in [0.05, 0.1) is 0 Å². The summed E-state index contributed by atoms with van der Waals surface area (Å²) in [5.74, 6) is 0.128. The van der Waals surface area contributed by atoms with E-state index in [1.807, 2.05) is 0 Å². The van der Waals surface area contributed by atoms with Crippen LogP contribution in [-0.4, -0.2) is 11.3 Å². The van der Waals surface area contributed by atoms with Crippen molar-refractivity contribution in [3.63, 3.8) is 0 Å². The van der Waals surface area contributed by atoms with Crippen molar-refractivity contribution in [2.75, 3.05) is 5.73 Å². The van der Waals surface area contributed by atoms with E-state index < -0.39 is 0 Å². The van der Waals surface area contributed by atoms with Crippen LogP contribution in [0.15, 0.2) is 18.2 Å². The molecule has 3 nitrogen and oxygen atoms in total. The first kappa shape index (κ1) is 6.61. The SMILES string of the molecule is N=Cc1ccc(O)cc1N. The van der Waals surface area contributed by atoms with Crippen LogP contribution >= 0.6 is 0 Å². The maximum Gasteiger partial charge on any atom is 0.117 e. The number of rotatable bonds is 1. The Balaban J connectivity index is 3.19. The van der Waals surface area contributed by atoms with Crippen molar-refractivity contribution in [1.29, 1.82) is 5.41 Å². The topological polar surface area (TPSA) is 70.1 Å². The molecule has 0 aliphatic heterocycles. The van der Waals surface area contributed by atoms with Crippen molar-refractivity contribution in [3.05, 3.63) is 23.8 Å². The van der Waals surface area contributed by atoms with Gasteiger partial charge < -0.3 is 16.2 Å². The summed E-state index contributed by atoms with van der Waals surface area (Å²) in [6.07, 6.45) is 1.15. The van der Waals surface area contributed by atoms with E-state index in [2.05, 4.69) is 0 Å². The lowest BCUT2D eigenvalue weighted by molar-refractivity contribution is 0.475. The predicted octanol–water partition coefficient (Wildman–Crippen LogP) is 0.972. The van der Waals surface area contributed by atoms with Crippen LogP contribution in [0.3, 0.4) is 0 Å². The Labute approximate surface area is 58.6 Å². The summed E-state index contributed by atoms with van der Waals surface area (Å²) < 4.78 is 0. The van der Waals surface area contributed by atoms with Gasteiger partial charge in [-0.15, -0.1) is 0 Å². The molecular weight excluding hydrogens is 128 g/mol. The van der Waals surface area contributed by atoms with E-state index in [-0.39, 0.29) is 5.75 Å². The fourth-order valence-corrected chi connectivity index (χ4v) is 0.694. The monoisotopic (exact) mass is 136 g/mol. The van der Waals surface area contributed by atoms with Crippen LogP contribution in [0.1, 0.15) is 5.56 Å². The second-order valence-corrected chi connectivity index (χ2v) is 1.96. The zero-order chi connectivity index (χ0) is 7.56. The average molecular weight is 136 g/mol. The summed E-state index contributed by atoms with van der Waals surface area (Å²) >= 11 is 0. The molecule has 0 fully saturated rings. The fraction of sp³-hybridized carbons (Fsp3) is 0. The molecule has 0 saturated heterocycles. The van der Waals surface area contributed by atoms with E-state index in [1.54, 1.807) is 6.07 Å². The predicted molar refractivity (Wildman–Crippen MR) is 40.4 cm³/mol. The number of aromatic hydroxyl groups is 1. The zero-order valence-corrected chi connectivity index (χ0v) is 5.33. The van der Waals surface area contributed by atoms with Crippen molar-refractivity contribution in [2.45, 2.75) is 0 Å². The molecule has 0 spiro atoms. The van der Waals surface area contributed by atoms with Crippen LogP contribution in [0, 0.1) is 5.41 Å². The van der Waals surface area contributed by atoms with Gasteiger partial charge in [0.25, 0.3) is 0 Å². The van der Waals surface area contributed by atoms with Gasteiger partial charge in [-0.25, -0.2) is 0 Å². The third-order valence-electron chi connectivity index (χ3n) is 1.23. The number of phenols is 1. The third kappa shape index (κ3) is 1.07. The number of anilines is 1. The Hall–Kier alpha value is -1.51. The number of phenolic OH excluding ortho intramolecular Hbond substituents is 1. The summed E-state index contributed by atoms with van der Waals surface area (Å²) in [4.78, 5) is 0. The highest BCUT2D eigenvalue weighted by Crippen LogP contribution is 2.16. The first-order valence-electron chi connectivity index (χ1n) is 2.83. The van der Waals surface area contributed by atoms with E-state index in [9.17, 15) is 0 Å². The van der Waals surface area contributed by atoms with Crippen molar-refractivity contribution in [2.24, 2.45) is 0 Å². The van der Waals surface area contributed by atoms with E-state index in [4.69, 9.17) is 16.2 Å². The van der Waals surface area contributed by atoms with E-state index in [0.717, 1.165) is 6.21 Å². The Morgan fingerprint density at radius 1 is 1.50 bits per heavy atom. The zero-order valence-electron chi connectivity index (χ0n) is 5.33. The Morgan fingerprint density at radius 3 is 2.70 bits per heavy atom. The van der Waals surface area contributed by atoms with Crippen molar-refractivity contribution < 1.29 is 5.11 Å². The molecule has 3 heteroatoms. The van der Waals surface area contributed by atoms with Crippen LogP contribution in [0.2, 0.25) is 0 Å². The number of nitrogens with two attached hydrogens (primary N) is 1. The molecular formula is C7H8N2O. The van der Waals surface area contributed by atoms with E-state index in [0.29, 0.717) is 11.3 Å². The molecule has 0 radical (unpaired) electrons. The van der Waals surface area contributed by atoms with Gasteiger partial charge in [0.15, 0.2) is 0 Å². The molecule has 0 heterocycles. The maximum absolute atomic E-state index is 8.88. The van der Waals surface area contributed by atoms with Crippen LogP contribution in [0.25, 0.3) is 0 Å². The summed E-state index contributed by atoms with van der Waals surface area (Å²) in [5.41, 5.74) is 6.47. The average Bonchev–Trinajstić information content (AvgIpc) is 1.88. The number of hydrogen-bond donors (Lipinski definition) is 3. The van der Waals surface area contributed by atoms with Gasteiger partial charge in [0, 0.05) is 23.5 Å². The Bertz CT molecular complexity index is 258. The molecule has 1 aromatic rings. The molecule has 0 aromatic heterocycles. The highest BCUT2D eigenvalue weighted by molar-refractivity contribution is 5.85. The van der Waals surface area contributed by atoms with Gasteiger partial charge in [-0.2, -0.15) is 0 Å². The van der Waals surface area contributed by atoms with Crippen LogP contribution < -0.4 is 5.73 Å². The first-order chi connectivity index (χ1) is 4.74. The lowest BCUT2D eigenvalue weighted by Gasteiger charge is -1.97. The normalized spacial score (nSPS) is 9.20. The summed E-state index contributed by atoms with van der Waals surface area (Å²) in [5, 5.41) is 15.7. The fourth-order valence-electron chi connectivity index (χ4n) is 0.694. The number of nitrogen functional groups attached to an aromatic ring is 1. The lowest BCUT2D eigenvalue weighted by atomic mass is 10.2. The first-order valence-corrected chi connectivity index (χ1v) is 2.83. The summed E-state index contributed by atoms with van der Waals surface area (Å²) in [6.45, 7) is 0. The standard InChI is InChI=1S/C7H8N2O/c8-4-5-1-2-6(10)3-7(5)9/h1-4,8,10H,9H2. The molecule has 10 heavy (non-hydrogen) atoms. The van der Waals surface area contributed by atoms with Gasteiger partial charge in [0.1, 0.15) is 5.75 Å². The van der Waals surface area contributed by atoms with Gasteiger partial charge in [-0.3, -0.25) is 0 Å². The molecule has 52 valence electrons. The van der Waals surface area contributed by atoms with Crippen LogP contribution in [-0.2, 0) is 0 Å². The molecule has 0 aliphatic rings. The second-order valence-electron chi connectivity index (χ2n) is 1.96. The minimum atomic E-state index is 0.128. The van der Waals surface area contributed by atoms with Crippen molar-refractivity contribution in [1.82, 2.24) is 0 Å². The maximum atomic E-state index is 8.88. The molecule has 1 aromatic carbocycles. The van der Waals surface area contributed by atoms with Gasteiger partial charge in [0.2, 0.25) is 0 Å². The molecule has 0 amide bonds. The summed E-state index contributed by atoms with van der Waals surface area (Å²) in [6, 6.07) is 4.51. The highest BCUT2D eigenvalue weighted by atomic mass is 16.3. The van der Waals surface area contributed by atoms with E-state index >= 15 is 0 Å². The second kappa shape index (κ2) is 2.39. The molecule has 0 aliphatic carbocycles. The van der Waals surface area contributed by atoms with E-state index in [1.165, 1.54) is 12.1 Å². The molecule has 0 unspecified atom stereocenters. The van der Waals surface area contributed by atoms with Gasteiger partial charge in [-0.05, 0) is 12.1 Å². The largest absolute Gasteiger partial charge is 0.508 e. The molecule has 1 rings (SSSR count). The number of benzene rings is 1. The molecule has 0 bridgehead atoms. The lowest BCUT2D eigenvalue weighted by Crippen LogP contribution is -1.90. The molecule has 0 saturated carbocycles. The third-order valence-corrected chi connectivity index (χ3v) is 1.23. The smallest absolute Gasteiger partial charge is 0.117 e. The molecule has 4 N–H and O–H groups in total. The van der Waals surface area contributed by atoms with Gasteiger partial charge in [-0.1, -0.05) is 0 Å². The van der Waals surface area contributed by atoms with Gasteiger partial charge >= 0.3 is 0 Å². The number of hydrogen-bond acceptors (Lipinski definition) is 3. The number of nitrogens with one attached hydrogen (secondary N) is 1. The highest BCUT2D eigenvalue weighted by Gasteiger charge is 1.94. The van der Waals surface area contributed by atoms with Crippen molar-refractivity contribution in [3.8, 4) is 5.75 Å². The minimum Gasteiger partial charge on any atom is -0.508 e. The summed E-state index contributed by atoms with van der Waals surface area (Å²) in [7, 11) is 0. The Kier molecular flexibility index (Phi) is 1.58. The van der Waals surface area contributed by atoms with Crippen molar-refractivity contribution >= 4 is 11.9 Å². The Morgan fingerprint density at radius 2 is 2.20 bits per heavy atom.